The molecule has 9 heteroatoms. The third-order valence-electron chi connectivity index (χ3n) is 4.67. The molecule has 0 fully saturated rings. The second kappa shape index (κ2) is 9.20. The Hall–Kier alpha value is -3.36. The van der Waals surface area contributed by atoms with Crippen molar-refractivity contribution in [2.75, 3.05) is 11.9 Å². The van der Waals surface area contributed by atoms with Crippen molar-refractivity contribution in [3.8, 4) is 0 Å². The molecular formula is C22H18ClN3O4S. The van der Waals surface area contributed by atoms with Crippen LogP contribution in [0.15, 0.2) is 65.8 Å². The summed E-state index contributed by atoms with van der Waals surface area (Å²) in [4.78, 5) is 29.5. The van der Waals surface area contributed by atoms with Gasteiger partial charge in [-0.25, -0.2) is 4.79 Å². The van der Waals surface area contributed by atoms with E-state index in [9.17, 15) is 14.7 Å². The molecule has 0 spiro atoms. The van der Waals surface area contributed by atoms with Gasteiger partial charge in [0.15, 0.2) is 0 Å². The number of oxime groups is 1. The summed E-state index contributed by atoms with van der Waals surface area (Å²) in [5.41, 5.74) is 3.17. The van der Waals surface area contributed by atoms with Gasteiger partial charge >= 0.3 is 5.97 Å². The van der Waals surface area contributed by atoms with Gasteiger partial charge in [0.1, 0.15) is 6.10 Å². The van der Waals surface area contributed by atoms with E-state index in [0.717, 1.165) is 17.0 Å². The highest BCUT2D eigenvalue weighted by Crippen LogP contribution is 2.24. The van der Waals surface area contributed by atoms with Crippen LogP contribution in [-0.4, -0.2) is 35.3 Å². The lowest BCUT2D eigenvalue weighted by Crippen LogP contribution is -2.31. The molecule has 0 saturated carbocycles. The third kappa shape index (κ3) is 5.04. The van der Waals surface area contributed by atoms with Gasteiger partial charge in [-0.15, -0.1) is 11.3 Å². The Balaban J connectivity index is 1.33. The number of benzene rings is 2. The Morgan fingerprint density at radius 2 is 1.90 bits per heavy atom. The molecule has 1 aliphatic heterocycles. The summed E-state index contributed by atoms with van der Waals surface area (Å²) in [6.07, 6.45) is 0.328. The van der Waals surface area contributed by atoms with Crippen molar-refractivity contribution in [2.24, 2.45) is 5.16 Å². The molecule has 1 unspecified atom stereocenters. The van der Waals surface area contributed by atoms with E-state index in [2.05, 4.69) is 15.8 Å². The number of carbonyl (C=O) groups is 2. The Morgan fingerprint density at radius 1 is 1.13 bits per heavy atom. The number of aromatic carboxylic acids is 1. The van der Waals surface area contributed by atoms with Crippen LogP contribution in [0.4, 0.5) is 11.4 Å². The second-order valence-electron chi connectivity index (χ2n) is 6.84. The van der Waals surface area contributed by atoms with Gasteiger partial charge in [-0.3, -0.25) is 4.79 Å². The molecule has 7 nitrogen and oxygen atoms in total. The van der Waals surface area contributed by atoms with E-state index in [-0.39, 0.29) is 17.6 Å². The van der Waals surface area contributed by atoms with E-state index in [4.69, 9.17) is 16.4 Å². The Morgan fingerprint density at radius 3 is 2.61 bits per heavy atom. The number of carboxylic acids is 1. The molecule has 0 aliphatic carbocycles. The zero-order valence-corrected chi connectivity index (χ0v) is 17.7. The van der Waals surface area contributed by atoms with Crippen LogP contribution in [0.25, 0.3) is 0 Å². The molecule has 0 radical (unpaired) electrons. The largest absolute Gasteiger partial charge is 0.478 e. The van der Waals surface area contributed by atoms with Crippen LogP contribution in [0.1, 0.15) is 32.0 Å². The van der Waals surface area contributed by atoms with Crippen molar-refractivity contribution >= 4 is 51.9 Å². The number of thiophene rings is 1. The number of para-hydroxylation sites is 1. The zero-order chi connectivity index (χ0) is 21.8. The van der Waals surface area contributed by atoms with E-state index in [1.807, 2.05) is 24.3 Å². The van der Waals surface area contributed by atoms with Crippen LogP contribution in [0, 0.1) is 0 Å². The minimum Gasteiger partial charge on any atom is -0.478 e. The minimum absolute atomic E-state index is 0.189. The molecule has 2 heterocycles. The van der Waals surface area contributed by atoms with Gasteiger partial charge in [0.25, 0.3) is 5.91 Å². The number of anilines is 2. The van der Waals surface area contributed by atoms with Gasteiger partial charge in [-0.2, -0.15) is 0 Å². The summed E-state index contributed by atoms with van der Waals surface area (Å²) in [6.45, 7) is 0.340. The summed E-state index contributed by atoms with van der Waals surface area (Å²) in [5.74, 6) is -1.18. The molecule has 158 valence electrons. The van der Waals surface area contributed by atoms with Crippen molar-refractivity contribution < 1.29 is 19.5 Å². The Labute approximate surface area is 187 Å². The maximum Gasteiger partial charge on any atom is 0.337 e. The summed E-state index contributed by atoms with van der Waals surface area (Å²) in [7, 11) is 0. The van der Waals surface area contributed by atoms with E-state index in [1.165, 1.54) is 11.3 Å². The second-order valence-corrected chi connectivity index (χ2v) is 8.55. The first-order valence-corrected chi connectivity index (χ1v) is 10.6. The average molecular weight is 456 g/mol. The highest BCUT2D eigenvalue weighted by molar-refractivity contribution is 7.18. The summed E-state index contributed by atoms with van der Waals surface area (Å²) in [5, 5.41) is 19.4. The number of hydrogen-bond donors (Lipinski definition) is 3. The van der Waals surface area contributed by atoms with Crippen molar-refractivity contribution in [3.63, 3.8) is 0 Å². The maximum atomic E-state index is 12.1. The molecule has 1 amide bonds. The van der Waals surface area contributed by atoms with Crippen molar-refractivity contribution in [1.82, 2.24) is 5.32 Å². The van der Waals surface area contributed by atoms with Crippen LogP contribution in [0.3, 0.4) is 0 Å². The monoisotopic (exact) mass is 455 g/mol. The number of nitrogens with zero attached hydrogens (tertiary/aromatic N) is 1. The Bertz CT molecular complexity index is 1140. The van der Waals surface area contributed by atoms with E-state index >= 15 is 0 Å². The number of hydrogen-bond acceptors (Lipinski definition) is 6. The highest BCUT2D eigenvalue weighted by Gasteiger charge is 2.23. The lowest BCUT2D eigenvalue weighted by atomic mass is 10.0. The lowest BCUT2D eigenvalue weighted by Gasteiger charge is -2.10. The smallest absolute Gasteiger partial charge is 0.337 e. The van der Waals surface area contributed by atoms with Gasteiger partial charge in [0.05, 0.1) is 32.7 Å². The van der Waals surface area contributed by atoms with Crippen LogP contribution in [0.5, 0.6) is 0 Å². The van der Waals surface area contributed by atoms with Crippen LogP contribution >= 0.6 is 22.9 Å². The predicted molar refractivity (Wildman–Crippen MR) is 121 cm³/mol. The number of nitrogens with one attached hydrogen (secondary N) is 2. The number of carboxylic acid groups (broad SMARTS) is 1. The first-order valence-electron chi connectivity index (χ1n) is 9.45. The van der Waals surface area contributed by atoms with Crippen LogP contribution in [-0.2, 0) is 4.84 Å². The van der Waals surface area contributed by atoms with Gasteiger partial charge < -0.3 is 20.6 Å². The van der Waals surface area contributed by atoms with Gasteiger partial charge in [-0.05, 0) is 42.0 Å². The molecule has 31 heavy (non-hydrogen) atoms. The first-order chi connectivity index (χ1) is 15.0. The SMILES string of the molecule is O=C(NCC1CC(c2ccc(Nc3ccccc3C(=O)O)cc2)=NO1)c1ccc(Cl)s1. The number of halogens is 1. The van der Waals surface area contributed by atoms with E-state index in [0.29, 0.717) is 27.9 Å². The molecule has 1 aromatic heterocycles. The fraction of sp³-hybridized carbons (Fsp3) is 0.136. The molecule has 0 bridgehead atoms. The minimum atomic E-state index is -0.988. The van der Waals surface area contributed by atoms with Crippen LogP contribution in [0.2, 0.25) is 4.34 Å². The van der Waals surface area contributed by atoms with Crippen molar-refractivity contribution in [2.45, 2.75) is 12.5 Å². The lowest BCUT2D eigenvalue weighted by molar-refractivity contribution is 0.0697. The number of rotatable bonds is 7. The quantitative estimate of drug-likeness (QED) is 0.476. The fourth-order valence-electron chi connectivity index (χ4n) is 3.12. The molecule has 3 aromatic rings. The third-order valence-corrected chi connectivity index (χ3v) is 5.90. The summed E-state index contributed by atoms with van der Waals surface area (Å²) in [6, 6.07) is 17.6. The zero-order valence-electron chi connectivity index (χ0n) is 16.2. The number of amides is 1. The summed E-state index contributed by atoms with van der Waals surface area (Å²) >= 11 is 7.09. The standard InChI is InChI=1S/C22H18ClN3O4S/c23-20-10-9-19(31-20)21(27)24-12-15-11-18(26-30-15)13-5-7-14(8-6-13)25-17-4-2-1-3-16(17)22(28)29/h1-10,15,25H,11-12H2,(H,24,27)(H,28,29). The van der Waals surface area contributed by atoms with E-state index < -0.39 is 5.97 Å². The highest BCUT2D eigenvalue weighted by atomic mass is 35.5. The maximum absolute atomic E-state index is 12.1. The normalized spacial score (nSPS) is 15.1. The number of carbonyl (C=O) groups excluding carboxylic acids is 1. The molecule has 1 aliphatic rings. The van der Waals surface area contributed by atoms with Crippen LogP contribution < -0.4 is 10.6 Å². The molecule has 4 rings (SSSR count). The first kappa shape index (κ1) is 20.9. The topological polar surface area (TPSA) is 100 Å². The molecular weight excluding hydrogens is 438 g/mol. The van der Waals surface area contributed by atoms with Gasteiger partial charge in [-0.1, -0.05) is 41.0 Å². The fourth-order valence-corrected chi connectivity index (χ4v) is 4.08. The molecule has 1 atom stereocenters. The average Bonchev–Trinajstić information content (AvgIpc) is 3.42. The molecule has 2 aromatic carbocycles. The van der Waals surface area contributed by atoms with E-state index in [1.54, 1.807) is 36.4 Å². The predicted octanol–water partition coefficient (Wildman–Crippen LogP) is 4.77. The van der Waals surface area contributed by atoms with Gasteiger partial charge in [0, 0.05) is 12.1 Å². The van der Waals surface area contributed by atoms with Gasteiger partial charge in [0.2, 0.25) is 0 Å². The Kier molecular flexibility index (Phi) is 6.20. The van der Waals surface area contributed by atoms with Crippen molar-refractivity contribution in [1.29, 1.82) is 0 Å². The molecule has 0 saturated heterocycles. The molecule has 3 N–H and O–H groups in total. The summed E-state index contributed by atoms with van der Waals surface area (Å²) < 4.78 is 0.567. The van der Waals surface area contributed by atoms with Crippen molar-refractivity contribution in [3.05, 3.63) is 81.0 Å².